The van der Waals surface area contributed by atoms with Gasteiger partial charge >= 0.3 is 0 Å². The van der Waals surface area contributed by atoms with E-state index in [2.05, 4.69) is 39.0 Å². The van der Waals surface area contributed by atoms with Gasteiger partial charge in [-0.25, -0.2) is 0 Å². The van der Waals surface area contributed by atoms with Gasteiger partial charge in [-0.3, -0.25) is 0 Å². The van der Waals surface area contributed by atoms with Crippen LogP contribution in [0.4, 0.5) is 0 Å². The average molecular weight is 233 g/mol. The molecular weight excluding hydrogens is 210 g/mol. The van der Waals surface area contributed by atoms with Gasteiger partial charge in [-0.1, -0.05) is 23.8 Å². The third kappa shape index (κ3) is 2.53. The smallest absolute Gasteiger partial charge is 0.0469 e. The summed E-state index contributed by atoms with van der Waals surface area (Å²) >= 11 is 0. The Kier molecular flexibility index (Phi) is 3.55. The summed E-state index contributed by atoms with van der Waals surface area (Å²) in [5.74, 6) is 0.525. The van der Waals surface area contributed by atoms with E-state index in [9.17, 15) is 0 Å². The van der Waals surface area contributed by atoms with Crippen LogP contribution in [0.1, 0.15) is 36.5 Å². The highest BCUT2D eigenvalue weighted by Gasteiger charge is 2.34. The van der Waals surface area contributed by atoms with Crippen LogP contribution in [0.3, 0.4) is 0 Å². The Balaban J connectivity index is 2.32. The molecule has 0 radical (unpaired) electrons. The summed E-state index contributed by atoms with van der Waals surface area (Å²) in [6.45, 7) is 8.15. The molecular formula is C15H23NO. The van der Waals surface area contributed by atoms with Crippen molar-refractivity contribution in [3.63, 3.8) is 0 Å². The second-order valence-electron chi connectivity index (χ2n) is 5.49. The van der Waals surface area contributed by atoms with Crippen LogP contribution in [0, 0.1) is 19.8 Å². The van der Waals surface area contributed by atoms with Crippen LogP contribution in [0.5, 0.6) is 0 Å². The number of nitrogens with two attached hydrogens (primary N) is 1. The molecule has 0 spiro atoms. The molecule has 1 unspecified atom stereocenters. The number of aryl methyl sites for hydroxylation is 2. The average Bonchev–Trinajstić information content (AvgIpc) is 2.33. The maximum Gasteiger partial charge on any atom is 0.0469 e. The molecule has 1 aromatic rings. The van der Waals surface area contributed by atoms with Crippen molar-refractivity contribution >= 4 is 0 Å². The summed E-state index contributed by atoms with van der Waals surface area (Å²) in [6, 6.07) is 6.57. The summed E-state index contributed by atoms with van der Waals surface area (Å²) in [5, 5.41) is 0. The molecule has 0 saturated carbocycles. The lowest BCUT2D eigenvalue weighted by Gasteiger charge is -2.38. The zero-order valence-corrected chi connectivity index (χ0v) is 11.1. The predicted octanol–water partition coefficient (Wildman–Crippen LogP) is 2.90. The zero-order chi connectivity index (χ0) is 12.5. The fourth-order valence-electron chi connectivity index (χ4n) is 2.83. The maximum atomic E-state index is 6.63. The Hall–Kier alpha value is -0.860. The van der Waals surface area contributed by atoms with Crippen LogP contribution in [-0.2, 0) is 10.3 Å². The molecule has 0 amide bonds. The van der Waals surface area contributed by atoms with Crippen molar-refractivity contribution in [2.24, 2.45) is 11.7 Å². The first-order valence-corrected chi connectivity index (χ1v) is 6.46. The van der Waals surface area contributed by atoms with E-state index in [1.54, 1.807) is 0 Å². The normalized spacial score (nSPS) is 21.2. The van der Waals surface area contributed by atoms with Crippen LogP contribution in [-0.4, -0.2) is 13.2 Å². The van der Waals surface area contributed by atoms with E-state index >= 15 is 0 Å². The van der Waals surface area contributed by atoms with Crippen LogP contribution >= 0.6 is 0 Å². The molecule has 2 heteroatoms. The highest BCUT2D eigenvalue weighted by atomic mass is 16.5. The van der Waals surface area contributed by atoms with Crippen LogP contribution < -0.4 is 5.73 Å². The molecule has 0 aromatic heterocycles. The number of hydrogen-bond acceptors (Lipinski definition) is 2. The molecule has 0 aliphatic carbocycles. The minimum absolute atomic E-state index is 0.236. The SMILES string of the molecule is Cc1ccc(C)c(C(C)(N)C2CCOCC2)c1. The van der Waals surface area contributed by atoms with Gasteiger partial charge in [-0.2, -0.15) is 0 Å². The number of benzene rings is 1. The lowest BCUT2D eigenvalue weighted by molar-refractivity contribution is 0.0410. The van der Waals surface area contributed by atoms with Crippen molar-refractivity contribution in [2.75, 3.05) is 13.2 Å². The van der Waals surface area contributed by atoms with Crippen molar-refractivity contribution in [3.05, 3.63) is 34.9 Å². The summed E-state index contributed by atoms with van der Waals surface area (Å²) < 4.78 is 5.43. The van der Waals surface area contributed by atoms with Gasteiger partial charge in [-0.15, -0.1) is 0 Å². The highest BCUT2D eigenvalue weighted by Crippen LogP contribution is 2.35. The van der Waals surface area contributed by atoms with E-state index in [0.29, 0.717) is 5.92 Å². The first-order valence-electron chi connectivity index (χ1n) is 6.46. The fraction of sp³-hybridized carbons (Fsp3) is 0.600. The summed E-state index contributed by atoms with van der Waals surface area (Å²) in [7, 11) is 0. The van der Waals surface area contributed by atoms with Crippen molar-refractivity contribution in [3.8, 4) is 0 Å². The lowest BCUT2D eigenvalue weighted by Crippen LogP contribution is -2.44. The minimum atomic E-state index is -0.236. The quantitative estimate of drug-likeness (QED) is 0.852. The van der Waals surface area contributed by atoms with Crippen LogP contribution in [0.25, 0.3) is 0 Å². The summed E-state index contributed by atoms with van der Waals surface area (Å²) in [6.07, 6.45) is 2.14. The molecule has 2 rings (SSSR count). The van der Waals surface area contributed by atoms with E-state index < -0.39 is 0 Å². The zero-order valence-electron chi connectivity index (χ0n) is 11.1. The molecule has 2 nitrogen and oxygen atoms in total. The summed E-state index contributed by atoms with van der Waals surface area (Å²) in [4.78, 5) is 0. The second kappa shape index (κ2) is 4.79. The van der Waals surface area contributed by atoms with Gasteiger partial charge in [0.1, 0.15) is 0 Å². The first kappa shape index (κ1) is 12.6. The minimum Gasteiger partial charge on any atom is -0.381 e. The molecule has 1 heterocycles. The molecule has 1 saturated heterocycles. The molecule has 2 N–H and O–H groups in total. The van der Waals surface area contributed by atoms with Crippen LogP contribution in [0.15, 0.2) is 18.2 Å². The monoisotopic (exact) mass is 233 g/mol. The fourth-order valence-corrected chi connectivity index (χ4v) is 2.83. The van der Waals surface area contributed by atoms with Gasteiger partial charge in [0, 0.05) is 18.8 Å². The van der Waals surface area contributed by atoms with E-state index in [-0.39, 0.29) is 5.54 Å². The maximum absolute atomic E-state index is 6.63. The molecule has 1 aliphatic heterocycles. The number of ether oxygens (including phenoxy) is 1. The lowest BCUT2D eigenvalue weighted by atomic mass is 9.74. The number of rotatable bonds is 2. The van der Waals surface area contributed by atoms with E-state index in [0.717, 1.165) is 26.1 Å². The van der Waals surface area contributed by atoms with Gasteiger partial charge < -0.3 is 10.5 Å². The summed E-state index contributed by atoms with van der Waals surface area (Å²) in [5.41, 5.74) is 10.3. The number of hydrogen-bond donors (Lipinski definition) is 1. The van der Waals surface area contributed by atoms with Gasteiger partial charge in [0.2, 0.25) is 0 Å². The topological polar surface area (TPSA) is 35.2 Å². The van der Waals surface area contributed by atoms with Gasteiger partial charge in [0.05, 0.1) is 0 Å². The largest absolute Gasteiger partial charge is 0.381 e. The second-order valence-corrected chi connectivity index (χ2v) is 5.49. The van der Waals surface area contributed by atoms with E-state index in [4.69, 9.17) is 10.5 Å². The van der Waals surface area contributed by atoms with Gasteiger partial charge in [0.25, 0.3) is 0 Å². The molecule has 17 heavy (non-hydrogen) atoms. The molecule has 1 atom stereocenters. The van der Waals surface area contributed by atoms with Gasteiger partial charge in [-0.05, 0) is 50.7 Å². The molecule has 94 valence electrons. The standard InChI is InChI=1S/C15H23NO/c1-11-4-5-12(2)14(10-11)15(3,16)13-6-8-17-9-7-13/h4-5,10,13H,6-9,16H2,1-3H3. The Morgan fingerprint density at radius 1 is 1.24 bits per heavy atom. The van der Waals surface area contributed by atoms with Crippen molar-refractivity contribution in [2.45, 2.75) is 39.2 Å². The Labute approximate surface area is 104 Å². The molecule has 0 bridgehead atoms. The van der Waals surface area contributed by atoms with E-state index in [1.165, 1.54) is 16.7 Å². The van der Waals surface area contributed by atoms with Crippen LogP contribution in [0.2, 0.25) is 0 Å². The van der Waals surface area contributed by atoms with Crippen molar-refractivity contribution in [1.82, 2.24) is 0 Å². The Morgan fingerprint density at radius 3 is 2.53 bits per heavy atom. The van der Waals surface area contributed by atoms with Gasteiger partial charge in [0.15, 0.2) is 0 Å². The third-order valence-electron chi connectivity index (χ3n) is 4.04. The van der Waals surface area contributed by atoms with E-state index in [1.807, 2.05) is 0 Å². The van der Waals surface area contributed by atoms with Crippen molar-refractivity contribution < 1.29 is 4.74 Å². The predicted molar refractivity (Wildman–Crippen MR) is 71.0 cm³/mol. The first-order chi connectivity index (χ1) is 8.01. The molecule has 1 aliphatic rings. The Morgan fingerprint density at radius 2 is 1.88 bits per heavy atom. The van der Waals surface area contributed by atoms with Crippen molar-refractivity contribution in [1.29, 1.82) is 0 Å². The molecule has 1 aromatic carbocycles. The Bertz CT molecular complexity index is 392. The third-order valence-corrected chi connectivity index (χ3v) is 4.04. The molecule has 1 fully saturated rings. The highest BCUT2D eigenvalue weighted by molar-refractivity contribution is 5.36.